The van der Waals surface area contributed by atoms with E-state index in [0.717, 1.165) is 30.2 Å². The summed E-state index contributed by atoms with van der Waals surface area (Å²) in [5.74, 6) is 1.46. The van der Waals surface area contributed by atoms with Crippen LogP contribution in [-0.2, 0) is 5.54 Å². The van der Waals surface area contributed by atoms with E-state index in [2.05, 4.69) is 57.7 Å². The third-order valence-electron chi connectivity index (χ3n) is 6.22. The Kier molecular flexibility index (Phi) is 4.38. The van der Waals surface area contributed by atoms with Crippen molar-refractivity contribution >= 4 is 11.6 Å². The first-order valence-corrected chi connectivity index (χ1v) is 10.6. The molecule has 1 saturated heterocycles. The minimum absolute atomic E-state index is 0.00941. The summed E-state index contributed by atoms with van der Waals surface area (Å²) >= 11 is 0. The number of aromatic nitrogens is 3. The molecule has 0 aliphatic carbocycles. The number of anilines is 1. The number of carbonyl (C=O) groups is 1. The maximum Gasteiger partial charge on any atom is 0.272 e. The van der Waals surface area contributed by atoms with Crippen LogP contribution in [0.4, 0.5) is 5.69 Å². The van der Waals surface area contributed by atoms with Gasteiger partial charge in [-0.3, -0.25) is 4.79 Å². The molecule has 2 aliphatic rings. The largest absolute Gasteiger partial charge is 0.355 e. The van der Waals surface area contributed by atoms with Gasteiger partial charge in [-0.1, -0.05) is 19.9 Å². The van der Waals surface area contributed by atoms with Crippen LogP contribution in [0.2, 0.25) is 0 Å². The summed E-state index contributed by atoms with van der Waals surface area (Å²) in [4.78, 5) is 26.9. The van der Waals surface area contributed by atoms with Gasteiger partial charge in [-0.05, 0) is 55.7 Å². The van der Waals surface area contributed by atoms with Gasteiger partial charge in [0.1, 0.15) is 11.2 Å². The van der Waals surface area contributed by atoms with Crippen molar-refractivity contribution in [3.63, 3.8) is 0 Å². The van der Waals surface area contributed by atoms with E-state index in [1.165, 1.54) is 5.69 Å². The summed E-state index contributed by atoms with van der Waals surface area (Å²) in [6.07, 6.45) is 4.82. The first-order chi connectivity index (χ1) is 14.5. The summed E-state index contributed by atoms with van der Waals surface area (Å²) in [6, 6.07) is 14.1. The molecule has 6 nitrogen and oxygen atoms in total. The maximum atomic E-state index is 13.3. The zero-order valence-corrected chi connectivity index (χ0v) is 17.7. The standard InChI is InChI=1S/C24H27N5O/c1-17(2)15-29-20-9-5-12-25-22(20)28-13-6-10-21(28)24(29)11-14-27(16-24)23(30)19-8-4-7-18(3)26-19/h4-10,12-13,17H,11,14-16H2,1-3H3/t24-/m0/s1. The van der Waals surface area contributed by atoms with Crippen LogP contribution in [-0.4, -0.2) is 45.0 Å². The van der Waals surface area contributed by atoms with Gasteiger partial charge in [0.15, 0.2) is 5.82 Å². The van der Waals surface area contributed by atoms with Crippen molar-refractivity contribution in [2.75, 3.05) is 24.5 Å². The van der Waals surface area contributed by atoms with Gasteiger partial charge in [0, 0.05) is 37.7 Å². The quantitative estimate of drug-likeness (QED) is 0.670. The number of hydrogen-bond donors (Lipinski definition) is 0. The predicted molar refractivity (Wildman–Crippen MR) is 117 cm³/mol. The minimum Gasteiger partial charge on any atom is -0.355 e. The normalized spacial score (nSPS) is 20.0. The highest BCUT2D eigenvalue weighted by molar-refractivity contribution is 5.92. The molecule has 1 atom stereocenters. The van der Waals surface area contributed by atoms with Crippen molar-refractivity contribution in [3.05, 3.63) is 71.9 Å². The van der Waals surface area contributed by atoms with E-state index in [4.69, 9.17) is 0 Å². The molecule has 3 aromatic rings. The van der Waals surface area contributed by atoms with Crippen molar-refractivity contribution < 1.29 is 4.79 Å². The fourth-order valence-electron chi connectivity index (χ4n) is 4.96. The van der Waals surface area contributed by atoms with Gasteiger partial charge in [0.25, 0.3) is 5.91 Å². The van der Waals surface area contributed by atoms with E-state index in [0.29, 0.717) is 24.7 Å². The van der Waals surface area contributed by atoms with Gasteiger partial charge < -0.3 is 14.4 Å². The van der Waals surface area contributed by atoms with Crippen molar-refractivity contribution in [3.8, 4) is 5.82 Å². The molecule has 5 heterocycles. The smallest absolute Gasteiger partial charge is 0.272 e. The molecule has 0 saturated carbocycles. The lowest BCUT2D eigenvalue weighted by molar-refractivity contribution is 0.0775. The van der Waals surface area contributed by atoms with Crippen LogP contribution in [0.5, 0.6) is 0 Å². The molecule has 0 N–H and O–H groups in total. The second kappa shape index (κ2) is 6.97. The minimum atomic E-state index is -0.261. The number of likely N-dealkylation sites (tertiary alicyclic amines) is 1. The van der Waals surface area contributed by atoms with Gasteiger partial charge in [0.2, 0.25) is 0 Å². The SMILES string of the molecule is Cc1cccc(C(=O)N2CC[C@]3(C2)c2cccn2-c2ncccc2N3CC(C)C)n1. The molecular formula is C24H27N5O. The second-order valence-corrected chi connectivity index (χ2v) is 8.79. The molecule has 5 rings (SSSR count). The lowest BCUT2D eigenvalue weighted by Gasteiger charge is -2.47. The van der Waals surface area contributed by atoms with E-state index in [1.54, 1.807) is 0 Å². The van der Waals surface area contributed by atoms with Crippen molar-refractivity contribution in [2.24, 2.45) is 5.92 Å². The molecule has 3 aromatic heterocycles. The molecule has 6 heteroatoms. The Balaban J connectivity index is 1.58. The third-order valence-corrected chi connectivity index (χ3v) is 6.22. The van der Waals surface area contributed by atoms with E-state index in [-0.39, 0.29) is 11.4 Å². The fourth-order valence-corrected chi connectivity index (χ4v) is 4.96. The molecule has 0 aromatic carbocycles. The highest BCUT2D eigenvalue weighted by Crippen LogP contribution is 2.47. The Morgan fingerprint density at radius 2 is 2.03 bits per heavy atom. The summed E-state index contributed by atoms with van der Waals surface area (Å²) < 4.78 is 2.20. The molecule has 30 heavy (non-hydrogen) atoms. The zero-order valence-electron chi connectivity index (χ0n) is 17.7. The highest BCUT2D eigenvalue weighted by Gasteiger charge is 2.51. The Morgan fingerprint density at radius 1 is 1.17 bits per heavy atom. The number of rotatable bonds is 3. The Hall–Kier alpha value is -3.15. The van der Waals surface area contributed by atoms with E-state index in [9.17, 15) is 4.79 Å². The Bertz CT molecular complexity index is 1100. The molecule has 0 radical (unpaired) electrons. The van der Waals surface area contributed by atoms with Crippen LogP contribution in [0.1, 0.15) is 42.1 Å². The molecule has 0 unspecified atom stereocenters. The van der Waals surface area contributed by atoms with Gasteiger partial charge in [-0.2, -0.15) is 0 Å². The Labute approximate surface area is 177 Å². The van der Waals surface area contributed by atoms with Crippen molar-refractivity contribution in [1.82, 2.24) is 19.4 Å². The number of aryl methyl sites for hydroxylation is 1. The topological polar surface area (TPSA) is 54.3 Å². The molecule has 1 amide bonds. The monoisotopic (exact) mass is 401 g/mol. The number of hydrogen-bond acceptors (Lipinski definition) is 4. The second-order valence-electron chi connectivity index (χ2n) is 8.79. The number of fused-ring (bicyclic) bond motifs is 4. The predicted octanol–water partition coefficient (Wildman–Crippen LogP) is 3.79. The Morgan fingerprint density at radius 3 is 2.83 bits per heavy atom. The molecule has 154 valence electrons. The summed E-state index contributed by atoms with van der Waals surface area (Å²) in [5, 5.41) is 0. The van der Waals surface area contributed by atoms with Crippen LogP contribution in [0.25, 0.3) is 5.82 Å². The van der Waals surface area contributed by atoms with Crippen LogP contribution < -0.4 is 4.90 Å². The lowest BCUT2D eigenvalue weighted by atomic mass is 9.88. The van der Waals surface area contributed by atoms with Gasteiger partial charge in [-0.15, -0.1) is 0 Å². The molecule has 1 spiro atoms. The van der Waals surface area contributed by atoms with Crippen LogP contribution >= 0.6 is 0 Å². The molecule has 0 bridgehead atoms. The number of carbonyl (C=O) groups excluding carboxylic acids is 1. The summed E-state index contributed by atoms with van der Waals surface area (Å²) in [7, 11) is 0. The zero-order chi connectivity index (χ0) is 20.9. The van der Waals surface area contributed by atoms with Gasteiger partial charge in [-0.25, -0.2) is 9.97 Å². The van der Waals surface area contributed by atoms with Gasteiger partial charge >= 0.3 is 0 Å². The van der Waals surface area contributed by atoms with Crippen LogP contribution in [0, 0.1) is 12.8 Å². The van der Waals surface area contributed by atoms with E-state index >= 15 is 0 Å². The van der Waals surface area contributed by atoms with Crippen molar-refractivity contribution in [1.29, 1.82) is 0 Å². The average Bonchev–Trinajstić information content (AvgIpc) is 3.39. The molecular weight excluding hydrogens is 374 g/mol. The number of nitrogens with zero attached hydrogens (tertiary/aromatic N) is 5. The lowest BCUT2D eigenvalue weighted by Crippen LogP contribution is -2.54. The number of amides is 1. The van der Waals surface area contributed by atoms with E-state index < -0.39 is 0 Å². The van der Waals surface area contributed by atoms with Gasteiger partial charge in [0.05, 0.1) is 11.4 Å². The van der Waals surface area contributed by atoms with Crippen LogP contribution in [0.3, 0.4) is 0 Å². The first-order valence-electron chi connectivity index (χ1n) is 10.6. The third kappa shape index (κ3) is 2.82. The maximum absolute atomic E-state index is 13.3. The summed E-state index contributed by atoms with van der Waals surface area (Å²) in [5.41, 5.74) is 3.47. The number of pyridine rings is 2. The molecule has 2 aliphatic heterocycles. The van der Waals surface area contributed by atoms with E-state index in [1.807, 2.05) is 42.3 Å². The highest BCUT2D eigenvalue weighted by atomic mass is 16.2. The fraction of sp³-hybridized carbons (Fsp3) is 0.375. The van der Waals surface area contributed by atoms with Crippen molar-refractivity contribution in [2.45, 2.75) is 32.7 Å². The average molecular weight is 402 g/mol. The summed E-state index contributed by atoms with van der Waals surface area (Å²) in [6.45, 7) is 8.67. The first kappa shape index (κ1) is 18.9. The molecule has 1 fully saturated rings. The van der Waals surface area contributed by atoms with Crippen LogP contribution in [0.15, 0.2) is 54.9 Å².